The molecule has 2 N–H and O–H groups in total. The van der Waals surface area contributed by atoms with Crippen molar-refractivity contribution in [2.45, 2.75) is 58.7 Å². The first kappa shape index (κ1) is 27.7. The molecule has 1 aliphatic heterocycles. The lowest BCUT2D eigenvalue weighted by Gasteiger charge is -2.28. The Morgan fingerprint density at radius 2 is 1.89 bits per heavy atom. The summed E-state index contributed by atoms with van der Waals surface area (Å²) in [5.74, 6) is 0.843. The number of carbonyl (C=O) groups is 2. The third kappa shape index (κ3) is 10.1. The summed E-state index contributed by atoms with van der Waals surface area (Å²) in [4.78, 5) is 30.6. The van der Waals surface area contributed by atoms with Gasteiger partial charge in [0.15, 0.2) is 5.65 Å². The molecule has 0 bridgehead atoms. The summed E-state index contributed by atoms with van der Waals surface area (Å²) < 4.78 is 6.71. The Balaban J connectivity index is 0.000000217. The molecule has 4 heterocycles. The van der Waals surface area contributed by atoms with Crippen molar-refractivity contribution in [3.05, 3.63) is 54.1 Å². The van der Waals surface area contributed by atoms with Crippen LogP contribution >= 0.6 is 0 Å². The monoisotopic (exact) mass is 483 g/mol. The third-order valence-electron chi connectivity index (χ3n) is 5.34. The zero-order chi connectivity index (χ0) is 25.7. The van der Waals surface area contributed by atoms with Crippen molar-refractivity contribution in [2.24, 2.45) is 0 Å². The maximum Gasteiger partial charge on any atom is 0.209 e. The van der Waals surface area contributed by atoms with Gasteiger partial charge in [-0.1, -0.05) is 6.07 Å². The standard InChI is InChI=1S/C13H13N5.C7H12N2O2.C5H12O/c1-10-7-16-18-6-4-12(17-13(10)18)15-9-11-3-2-5-14-8-11;10-5-8-7-1-3-9(6-11)4-2-7;1-5(2,3)6-4/h2-8H,9H2,1H3,(H,15,17);5-7H,1-4H2,(H,8,10);1-4H3. The molecule has 1 aliphatic rings. The first-order chi connectivity index (χ1) is 16.8. The second kappa shape index (κ2) is 14.0. The molecule has 190 valence electrons. The zero-order valence-electron chi connectivity index (χ0n) is 21.3. The SMILES string of the molecule is COC(C)(C)C.Cc1cnn2ccc(NCc3cccnc3)nc12.O=CNC1CCN(C=O)CC1. The average Bonchev–Trinajstić information content (AvgIpc) is 3.24. The van der Waals surface area contributed by atoms with Gasteiger partial charge in [0.25, 0.3) is 0 Å². The Kier molecular flexibility index (Phi) is 11.1. The predicted octanol–water partition coefficient (Wildman–Crippen LogP) is 2.83. The first-order valence-electron chi connectivity index (χ1n) is 11.6. The Morgan fingerprint density at radius 1 is 1.17 bits per heavy atom. The number of aryl methyl sites for hydroxylation is 1. The molecule has 4 rings (SSSR count). The van der Waals surface area contributed by atoms with Crippen LogP contribution in [0.4, 0.5) is 5.82 Å². The van der Waals surface area contributed by atoms with E-state index in [2.05, 4.69) is 25.7 Å². The van der Waals surface area contributed by atoms with Crippen molar-refractivity contribution in [3.8, 4) is 0 Å². The molecule has 3 aromatic rings. The van der Waals surface area contributed by atoms with Gasteiger partial charge in [-0.2, -0.15) is 5.10 Å². The van der Waals surface area contributed by atoms with Crippen molar-refractivity contribution >= 4 is 24.3 Å². The van der Waals surface area contributed by atoms with Gasteiger partial charge in [0.1, 0.15) is 5.82 Å². The fourth-order valence-corrected chi connectivity index (χ4v) is 3.04. The third-order valence-corrected chi connectivity index (χ3v) is 5.34. The molecule has 1 fully saturated rings. The molecule has 10 nitrogen and oxygen atoms in total. The van der Waals surface area contributed by atoms with Crippen molar-refractivity contribution in [1.29, 1.82) is 0 Å². The van der Waals surface area contributed by atoms with Gasteiger partial charge < -0.3 is 20.3 Å². The lowest BCUT2D eigenvalue weighted by atomic mass is 10.1. The van der Waals surface area contributed by atoms with Crippen LogP contribution in [0.25, 0.3) is 5.65 Å². The minimum absolute atomic E-state index is 0.0417. The summed E-state index contributed by atoms with van der Waals surface area (Å²) in [6.07, 6.45) is 10.7. The molecule has 1 saturated heterocycles. The number of carbonyl (C=O) groups excluding carboxylic acids is 2. The predicted molar refractivity (Wildman–Crippen MR) is 136 cm³/mol. The molecule has 0 aromatic carbocycles. The Morgan fingerprint density at radius 3 is 2.46 bits per heavy atom. The van der Waals surface area contributed by atoms with Gasteiger partial charge in [-0.15, -0.1) is 0 Å². The van der Waals surface area contributed by atoms with Crippen LogP contribution in [0.2, 0.25) is 0 Å². The Labute approximate surface area is 207 Å². The lowest BCUT2D eigenvalue weighted by molar-refractivity contribution is -0.119. The number of aromatic nitrogens is 4. The molecule has 2 amide bonds. The summed E-state index contributed by atoms with van der Waals surface area (Å²) in [6.45, 7) is 10.3. The van der Waals surface area contributed by atoms with Gasteiger partial charge in [0, 0.05) is 56.9 Å². The number of nitrogens with one attached hydrogen (secondary N) is 2. The van der Waals surface area contributed by atoms with Gasteiger partial charge in [-0.3, -0.25) is 14.6 Å². The number of hydrogen-bond donors (Lipinski definition) is 2. The van der Waals surface area contributed by atoms with Crippen LogP contribution in [-0.4, -0.2) is 69.1 Å². The van der Waals surface area contributed by atoms with E-state index in [1.807, 2.05) is 64.5 Å². The number of amides is 2. The van der Waals surface area contributed by atoms with Crippen molar-refractivity contribution < 1.29 is 14.3 Å². The average molecular weight is 484 g/mol. The van der Waals surface area contributed by atoms with E-state index in [1.165, 1.54) is 0 Å². The van der Waals surface area contributed by atoms with Gasteiger partial charge >= 0.3 is 0 Å². The van der Waals surface area contributed by atoms with Crippen LogP contribution in [0, 0.1) is 6.92 Å². The highest BCUT2D eigenvalue weighted by Gasteiger charge is 2.16. The smallest absolute Gasteiger partial charge is 0.209 e. The second-order valence-electron chi connectivity index (χ2n) is 9.14. The fourth-order valence-electron chi connectivity index (χ4n) is 3.04. The van der Waals surface area contributed by atoms with Gasteiger partial charge in [0.2, 0.25) is 12.8 Å². The molecule has 0 radical (unpaired) electrons. The molecule has 0 spiro atoms. The normalized spacial score (nSPS) is 13.7. The van der Waals surface area contributed by atoms with E-state index in [9.17, 15) is 9.59 Å². The molecule has 0 saturated carbocycles. The van der Waals surface area contributed by atoms with E-state index in [0.717, 1.165) is 61.3 Å². The number of anilines is 1. The summed E-state index contributed by atoms with van der Waals surface area (Å²) >= 11 is 0. The van der Waals surface area contributed by atoms with Crippen LogP contribution in [0.15, 0.2) is 43.0 Å². The van der Waals surface area contributed by atoms with E-state index < -0.39 is 0 Å². The molecule has 0 aliphatic carbocycles. The first-order valence-corrected chi connectivity index (χ1v) is 11.6. The molecule has 0 atom stereocenters. The second-order valence-corrected chi connectivity index (χ2v) is 9.14. The molecule has 0 unspecified atom stereocenters. The quantitative estimate of drug-likeness (QED) is 0.518. The number of nitrogens with zero attached hydrogens (tertiary/aromatic N) is 5. The minimum Gasteiger partial charge on any atom is -0.379 e. The topological polar surface area (TPSA) is 114 Å². The number of hydrogen-bond acceptors (Lipinski definition) is 7. The highest BCUT2D eigenvalue weighted by molar-refractivity contribution is 5.51. The fraction of sp³-hybridized carbons (Fsp3) is 0.480. The molecule has 10 heteroatoms. The molecular weight excluding hydrogens is 446 g/mol. The van der Waals surface area contributed by atoms with Crippen molar-refractivity contribution in [1.82, 2.24) is 29.8 Å². The lowest BCUT2D eigenvalue weighted by Crippen LogP contribution is -2.41. The number of methoxy groups -OCH3 is 1. The maximum absolute atomic E-state index is 10.3. The Bertz CT molecular complexity index is 1030. The van der Waals surface area contributed by atoms with Crippen molar-refractivity contribution in [3.63, 3.8) is 0 Å². The number of ether oxygens (including phenoxy) is 1. The number of fused-ring (bicyclic) bond motifs is 1. The van der Waals surface area contributed by atoms with Crippen LogP contribution in [0.3, 0.4) is 0 Å². The van der Waals surface area contributed by atoms with E-state index >= 15 is 0 Å². The minimum atomic E-state index is 0.0417. The van der Waals surface area contributed by atoms with E-state index in [-0.39, 0.29) is 11.6 Å². The van der Waals surface area contributed by atoms with Crippen LogP contribution in [0.5, 0.6) is 0 Å². The molecule has 35 heavy (non-hydrogen) atoms. The number of likely N-dealkylation sites (tertiary alicyclic amines) is 1. The van der Waals surface area contributed by atoms with Crippen LogP contribution in [0.1, 0.15) is 44.7 Å². The van der Waals surface area contributed by atoms with E-state index in [0.29, 0.717) is 6.54 Å². The van der Waals surface area contributed by atoms with Gasteiger partial charge in [-0.05, 0) is 58.2 Å². The number of pyridine rings is 1. The van der Waals surface area contributed by atoms with E-state index in [1.54, 1.807) is 22.7 Å². The largest absolute Gasteiger partial charge is 0.379 e. The summed E-state index contributed by atoms with van der Waals surface area (Å²) in [5, 5.41) is 10.2. The van der Waals surface area contributed by atoms with Gasteiger partial charge in [0.05, 0.1) is 11.8 Å². The maximum atomic E-state index is 10.3. The van der Waals surface area contributed by atoms with Crippen LogP contribution in [-0.2, 0) is 20.9 Å². The van der Waals surface area contributed by atoms with E-state index in [4.69, 9.17) is 4.74 Å². The van der Waals surface area contributed by atoms with Crippen LogP contribution < -0.4 is 10.6 Å². The highest BCUT2D eigenvalue weighted by atomic mass is 16.5. The Hall–Kier alpha value is -3.53. The summed E-state index contributed by atoms with van der Waals surface area (Å²) in [5.41, 5.74) is 3.12. The molecule has 3 aromatic heterocycles. The van der Waals surface area contributed by atoms with Gasteiger partial charge in [-0.25, -0.2) is 9.50 Å². The number of piperidine rings is 1. The molecular formula is C25H37N7O3. The summed E-state index contributed by atoms with van der Waals surface area (Å²) in [7, 11) is 1.71. The summed E-state index contributed by atoms with van der Waals surface area (Å²) in [6, 6.07) is 6.14. The van der Waals surface area contributed by atoms with Crippen molar-refractivity contribution in [2.75, 3.05) is 25.5 Å². The zero-order valence-corrected chi connectivity index (χ0v) is 21.3. The number of rotatable bonds is 6. The highest BCUT2D eigenvalue weighted by Crippen LogP contribution is 2.11.